The van der Waals surface area contributed by atoms with Gasteiger partial charge >= 0.3 is 5.69 Å². The highest BCUT2D eigenvalue weighted by molar-refractivity contribution is 5.53. The SMILES string of the molecule is Cc1ccc(-c2nnc(=O)[nH]n2)cc1. The number of nitrogens with one attached hydrogen (secondary N) is 1. The molecule has 0 aliphatic rings. The fraction of sp³-hybridized carbons (Fsp3) is 0.111. The third-order valence-electron chi connectivity index (χ3n) is 1.80. The number of aryl methyl sites for hydroxylation is 1. The first-order valence-corrected chi connectivity index (χ1v) is 4.12. The van der Waals surface area contributed by atoms with Crippen LogP contribution in [0, 0.1) is 6.92 Å². The summed E-state index contributed by atoms with van der Waals surface area (Å²) in [5.41, 5.74) is 1.45. The summed E-state index contributed by atoms with van der Waals surface area (Å²) in [6.07, 6.45) is 0. The quantitative estimate of drug-likeness (QED) is 0.708. The summed E-state index contributed by atoms with van der Waals surface area (Å²) in [6.45, 7) is 2.00. The van der Waals surface area contributed by atoms with E-state index in [1.54, 1.807) is 0 Å². The standard InChI is InChI=1S/C9H8N4O/c1-6-2-4-7(5-3-6)8-10-12-9(14)13-11-8/h2-5H,1H3,(H,12,13,14). The Balaban J connectivity index is 2.44. The van der Waals surface area contributed by atoms with Gasteiger partial charge in [0, 0.05) is 5.56 Å². The summed E-state index contributed by atoms with van der Waals surface area (Å²) in [7, 11) is 0. The van der Waals surface area contributed by atoms with Crippen LogP contribution in [0.2, 0.25) is 0 Å². The number of rotatable bonds is 1. The van der Waals surface area contributed by atoms with Crippen LogP contribution in [0.15, 0.2) is 29.1 Å². The molecule has 0 unspecified atom stereocenters. The molecule has 0 amide bonds. The molecule has 0 bridgehead atoms. The number of benzene rings is 1. The van der Waals surface area contributed by atoms with Crippen LogP contribution < -0.4 is 5.69 Å². The molecule has 0 atom stereocenters. The molecule has 5 nitrogen and oxygen atoms in total. The third kappa shape index (κ3) is 1.66. The highest BCUT2D eigenvalue weighted by atomic mass is 16.1. The van der Waals surface area contributed by atoms with Crippen LogP contribution in [0.1, 0.15) is 5.56 Å². The Labute approximate surface area is 79.8 Å². The predicted octanol–water partition coefficient (Wildman–Crippen LogP) is 0.535. The normalized spacial score (nSPS) is 10.1. The highest BCUT2D eigenvalue weighted by Gasteiger charge is 2.00. The van der Waals surface area contributed by atoms with Gasteiger partial charge in [-0.05, 0) is 6.92 Å². The van der Waals surface area contributed by atoms with Crippen molar-refractivity contribution in [3.63, 3.8) is 0 Å². The Bertz CT molecular complexity index is 468. The van der Waals surface area contributed by atoms with E-state index < -0.39 is 5.69 Å². The van der Waals surface area contributed by atoms with E-state index in [2.05, 4.69) is 20.4 Å². The second-order valence-corrected chi connectivity index (χ2v) is 2.92. The summed E-state index contributed by atoms with van der Waals surface area (Å²) in [5, 5.41) is 13.0. The lowest BCUT2D eigenvalue weighted by Gasteiger charge is -1.97. The molecule has 0 aliphatic heterocycles. The van der Waals surface area contributed by atoms with Crippen LogP contribution >= 0.6 is 0 Å². The van der Waals surface area contributed by atoms with Gasteiger partial charge in [-0.1, -0.05) is 34.9 Å². The minimum Gasteiger partial charge on any atom is -0.243 e. The van der Waals surface area contributed by atoms with E-state index in [1.807, 2.05) is 31.2 Å². The van der Waals surface area contributed by atoms with Crippen LogP contribution in [-0.4, -0.2) is 20.4 Å². The number of aromatic nitrogens is 4. The zero-order valence-corrected chi connectivity index (χ0v) is 7.56. The first-order valence-electron chi connectivity index (χ1n) is 4.12. The largest absolute Gasteiger partial charge is 0.380 e. The predicted molar refractivity (Wildman–Crippen MR) is 50.6 cm³/mol. The lowest BCUT2D eigenvalue weighted by Crippen LogP contribution is -2.14. The molecule has 70 valence electrons. The summed E-state index contributed by atoms with van der Waals surface area (Å²) in [4.78, 5) is 10.6. The second kappa shape index (κ2) is 3.37. The van der Waals surface area contributed by atoms with Crippen molar-refractivity contribution < 1.29 is 0 Å². The summed E-state index contributed by atoms with van der Waals surface area (Å²) < 4.78 is 0. The van der Waals surface area contributed by atoms with Crippen molar-refractivity contribution in [1.29, 1.82) is 0 Å². The average molecular weight is 188 g/mol. The van der Waals surface area contributed by atoms with Crippen LogP contribution in [0.5, 0.6) is 0 Å². The minimum atomic E-state index is -0.541. The Morgan fingerprint density at radius 1 is 1.14 bits per heavy atom. The number of hydrogen-bond donors (Lipinski definition) is 1. The van der Waals surface area contributed by atoms with Crippen molar-refractivity contribution in [2.45, 2.75) is 6.92 Å². The van der Waals surface area contributed by atoms with Gasteiger partial charge in [-0.2, -0.15) is 0 Å². The Hall–Kier alpha value is -2.04. The van der Waals surface area contributed by atoms with Gasteiger partial charge in [0.25, 0.3) is 0 Å². The number of nitrogens with zero attached hydrogens (tertiary/aromatic N) is 3. The zero-order chi connectivity index (χ0) is 9.97. The number of H-pyrrole nitrogens is 1. The van der Waals surface area contributed by atoms with Gasteiger partial charge < -0.3 is 0 Å². The minimum absolute atomic E-state index is 0.421. The maximum absolute atomic E-state index is 10.6. The topological polar surface area (TPSA) is 71.5 Å². The lowest BCUT2D eigenvalue weighted by molar-refractivity contribution is 0.818. The highest BCUT2D eigenvalue weighted by Crippen LogP contribution is 2.12. The van der Waals surface area contributed by atoms with E-state index in [4.69, 9.17) is 0 Å². The molecule has 0 saturated carbocycles. The third-order valence-corrected chi connectivity index (χ3v) is 1.80. The van der Waals surface area contributed by atoms with E-state index in [9.17, 15) is 4.79 Å². The molecule has 1 N–H and O–H groups in total. The van der Waals surface area contributed by atoms with Crippen molar-refractivity contribution >= 4 is 0 Å². The molecule has 0 fully saturated rings. The van der Waals surface area contributed by atoms with E-state index in [0.717, 1.165) is 11.1 Å². The van der Waals surface area contributed by atoms with Crippen molar-refractivity contribution in [3.8, 4) is 11.4 Å². The molecule has 2 rings (SSSR count). The molecule has 1 aromatic carbocycles. The molecule has 0 spiro atoms. The molecule has 0 saturated heterocycles. The van der Waals surface area contributed by atoms with E-state index in [1.165, 1.54) is 0 Å². The van der Waals surface area contributed by atoms with Gasteiger partial charge in [-0.15, -0.1) is 10.2 Å². The maximum atomic E-state index is 10.6. The van der Waals surface area contributed by atoms with Gasteiger partial charge in [0.2, 0.25) is 5.82 Å². The van der Waals surface area contributed by atoms with Crippen LogP contribution in [0.4, 0.5) is 0 Å². The zero-order valence-electron chi connectivity index (χ0n) is 7.56. The molecule has 14 heavy (non-hydrogen) atoms. The van der Waals surface area contributed by atoms with E-state index in [-0.39, 0.29) is 0 Å². The van der Waals surface area contributed by atoms with Crippen molar-refractivity contribution in [2.24, 2.45) is 0 Å². The molecule has 1 aromatic heterocycles. The first-order chi connectivity index (χ1) is 6.75. The fourth-order valence-corrected chi connectivity index (χ4v) is 1.06. The Morgan fingerprint density at radius 2 is 1.86 bits per heavy atom. The van der Waals surface area contributed by atoms with Crippen molar-refractivity contribution in [2.75, 3.05) is 0 Å². The van der Waals surface area contributed by atoms with Gasteiger partial charge in [0.1, 0.15) is 0 Å². The molecule has 0 aliphatic carbocycles. The first kappa shape index (κ1) is 8.55. The van der Waals surface area contributed by atoms with Crippen LogP contribution in [-0.2, 0) is 0 Å². The maximum Gasteiger partial charge on any atom is 0.380 e. The van der Waals surface area contributed by atoms with Crippen LogP contribution in [0.25, 0.3) is 11.4 Å². The molecular formula is C9H8N4O. The monoisotopic (exact) mass is 188 g/mol. The smallest absolute Gasteiger partial charge is 0.243 e. The van der Waals surface area contributed by atoms with Crippen molar-refractivity contribution in [3.05, 3.63) is 40.3 Å². The van der Waals surface area contributed by atoms with E-state index in [0.29, 0.717) is 5.82 Å². The Morgan fingerprint density at radius 3 is 2.43 bits per heavy atom. The lowest BCUT2D eigenvalue weighted by atomic mass is 10.1. The van der Waals surface area contributed by atoms with Gasteiger partial charge in [-0.25, -0.2) is 9.89 Å². The summed E-state index contributed by atoms with van der Waals surface area (Å²) >= 11 is 0. The Kier molecular flexibility index (Phi) is 2.06. The number of hydrogen-bond acceptors (Lipinski definition) is 4. The molecule has 0 radical (unpaired) electrons. The average Bonchev–Trinajstić information content (AvgIpc) is 2.21. The van der Waals surface area contributed by atoms with Gasteiger partial charge in [0.05, 0.1) is 0 Å². The summed E-state index contributed by atoms with van der Waals surface area (Å²) in [5.74, 6) is 0.421. The summed E-state index contributed by atoms with van der Waals surface area (Å²) in [6, 6.07) is 7.66. The van der Waals surface area contributed by atoms with E-state index >= 15 is 0 Å². The molecular weight excluding hydrogens is 180 g/mol. The van der Waals surface area contributed by atoms with Gasteiger partial charge in [0.15, 0.2) is 0 Å². The fourth-order valence-electron chi connectivity index (χ4n) is 1.06. The van der Waals surface area contributed by atoms with Crippen molar-refractivity contribution in [1.82, 2.24) is 20.4 Å². The molecule has 1 heterocycles. The second-order valence-electron chi connectivity index (χ2n) is 2.92. The number of aromatic amines is 1. The van der Waals surface area contributed by atoms with Gasteiger partial charge in [-0.3, -0.25) is 0 Å². The molecule has 5 heteroatoms. The molecule has 2 aromatic rings. The van der Waals surface area contributed by atoms with Crippen LogP contribution in [0.3, 0.4) is 0 Å².